The summed E-state index contributed by atoms with van der Waals surface area (Å²) in [7, 11) is 1.35. The molecule has 1 aromatic heterocycles. The predicted octanol–water partition coefficient (Wildman–Crippen LogP) is 6.56. The van der Waals surface area contributed by atoms with Crippen LogP contribution >= 0.6 is 0 Å². The van der Waals surface area contributed by atoms with Crippen molar-refractivity contribution in [2.24, 2.45) is 5.92 Å². The van der Waals surface area contributed by atoms with Crippen LogP contribution in [0, 0.1) is 12.8 Å². The number of amides is 1. The molecule has 40 heavy (non-hydrogen) atoms. The van der Waals surface area contributed by atoms with E-state index >= 15 is 0 Å². The second-order valence-electron chi connectivity index (χ2n) is 11.0. The van der Waals surface area contributed by atoms with Crippen LogP contribution in [0.15, 0.2) is 30.3 Å². The average molecular weight is 557 g/mol. The normalized spacial score (nSPS) is 13.6. The van der Waals surface area contributed by atoms with Crippen molar-refractivity contribution in [2.45, 2.75) is 118 Å². The Hall–Kier alpha value is -2.80. The fourth-order valence-electron chi connectivity index (χ4n) is 5.67. The minimum atomic E-state index is -0.700. The van der Waals surface area contributed by atoms with Crippen molar-refractivity contribution in [3.8, 4) is 5.75 Å². The Morgan fingerprint density at radius 3 is 2.15 bits per heavy atom. The first kappa shape index (κ1) is 33.4. The Labute approximate surface area is 241 Å². The first-order chi connectivity index (χ1) is 19.0. The van der Waals surface area contributed by atoms with Crippen LogP contribution in [-0.2, 0) is 21.5 Å². The molecule has 224 valence electrons. The number of benzene rings is 1. The maximum absolute atomic E-state index is 13.5. The highest BCUT2D eigenvalue weighted by atomic mass is 16.5. The van der Waals surface area contributed by atoms with Gasteiger partial charge in [0.15, 0.2) is 0 Å². The van der Waals surface area contributed by atoms with Crippen LogP contribution in [0.25, 0.3) is 0 Å². The van der Waals surface area contributed by atoms with Gasteiger partial charge in [-0.1, -0.05) is 60.1 Å². The molecule has 1 amide bonds. The first-order valence-electron chi connectivity index (χ1n) is 15.1. The number of methoxy groups -OCH3 is 1. The summed E-state index contributed by atoms with van der Waals surface area (Å²) in [4.78, 5) is 25.9. The van der Waals surface area contributed by atoms with Crippen LogP contribution in [0.3, 0.4) is 0 Å². The number of hydrogen-bond acceptors (Lipinski definition) is 5. The Balaban J connectivity index is 2.42. The maximum Gasteiger partial charge on any atom is 0.328 e. The van der Waals surface area contributed by atoms with Crippen molar-refractivity contribution in [1.82, 2.24) is 9.88 Å². The van der Waals surface area contributed by atoms with Crippen molar-refractivity contribution < 1.29 is 24.2 Å². The third kappa shape index (κ3) is 7.09. The fourth-order valence-corrected chi connectivity index (χ4v) is 5.67. The Bertz CT molecular complexity index is 1110. The number of aromatic nitrogens is 1. The third-order valence-electron chi connectivity index (χ3n) is 9.05. The second kappa shape index (κ2) is 14.7. The van der Waals surface area contributed by atoms with Gasteiger partial charge < -0.3 is 24.5 Å². The molecule has 0 spiro atoms. The zero-order valence-electron chi connectivity index (χ0n) is 26.2. The van der Waals surface area contributed by atoms with Crippen molar-refractivity contribution in [3.05, 3.63) is 52.8 Å². The topological polar surface area (TPSA) is 89.8 Å². The number of rotatable bonds is 16. The van der Waals surface area contributed by atoms with Gasteiger partial charge in [0, 0.05) is 24.1 Å². The van der Waals surface area contributed by atoms with E-state index in [2.05, 4.69) is 48.9 Å². The molecule has 0 radical (unpaired) electrons. The Kier molecular flexibility index (Phi) is 12.3. The lowest BCUT2D eigenvalue weighted by atomic mass is 9.72. The van der Waals surface area contributed by atoms with E-state index in [4.69, 9.17) is 9.47 Å². The number of ether oxygens (including phenoxy) is 2. The highest BCUT2D eigenvalue weighted by Crippen LogP contribution is 2.41. The summed E-state index contributed by atoms with van der Waals surface area (Å²) in [6.07, 6.45) is 4.46. The van der Waals surface area contributed by atoms with E-state index in [0.29, 0.717) is 38.1 Å². The summed E-state index contributed by atoms with van der Waals surface area (Å²) >= 11 is 0. The van der Waals surface area contributed by atoms with Gasteiger partial charge in [-0.3, -0.25) is 4.79 Å². The van der Waals surface area contributed by atoms with E-state index in [1.54, 1.807) is 0 Å². The molecule has 0 bridgehead atoms. The number of carbonyl (C=O) groups excluding carboxylic acids is 2. The molecule has 2 rings (SSSR count). The number of hydrogen-bond donors (Lipinski definition) is 2. The first-order valence-corrected chi connectivity index (χ1v) is 15.1. The summed E-state index contributed by atoms with van der Waals surface area (Å²) in [6, 6.07) is 9.57. The zero-order chi connectivity index (χ0) is 30.1. The molecule has 0 aliphatic rings. The lowest BCUT2D eigenvalue weighted by Gasteiger charge is -2.35. The Morgan fingerprint density at radius 2 is 1.65 bits per heavy atom. The molecule has 0 saturated heterocycles. The summed E-state index contributed by atoms with van der Waals surface area (Å²) < 4.78 is 13.1. The fraction of sp³-hybridized carbons (Fsp3) is 0.636. The van der Waals surface area contributed by atoms with Crippen LogP contribution in [-0.4, -0.2) is 46.9 Å². The maximum atomic E-state index is 13.5. The largest absolute Gasteiger partial charge is 0.493 e. The highest BCUT2D eigenvalue weighted by molar-refractivity contribution is 5.96. The Morgan fingerprint density at radius 1 is 1.00 bits per heavy atom. The minimum absolute atomic E-state index is 0.0484. The van der Waals surface area contributed by atoms with E-state index in [9.17, 15) is 14.7 Å². The van der Waals surface area contributed by atoms with Crippen molar-refractivity contribution >= 4 is 11.9 Å². The summed E-state index contributed by atoms with van der Waals surface area (Å²) in [6.45, 7) is 17.5. The number of nitrogens with one attached hydrogen (secondary N) is 1. The van der Waals surface area contributed by atoms with Crippen molar-refractivity contribution in [3.63, 3.8) is 0 Å². The average Bonchev–Trinajstić information content (AvgIpc) is 3.41. The number of aryl methyl sites for hydroxylation is 1. The molecule has 1 heterocycles. The monoisotopic (exact) mass is 556 g/mol. The molecule has 0 aliphatic carbocycles. The molecule has 7 heteroatoms. The van der Waals surface area contributed by atoms with Gasteiger partial charge in [0.25, 0.3) is 5.91 Å². The quantitative estimate of drug-likeness (QED) is 0.229. The number of carbonyl (C=O) groups is 2. The molecule has 2 aromatic rings. The molecular formula is C33H52N2O5. The van der Waals surface area contributed by atoms with Gasteiger partial charge in [0.05, 0.1) is 19.3 Å². The minimum Gasteiger partial charge on any atom is -0.493 e. The van der Waals surface area contributed by atoms with Crippen LogP contribution < -0.4 is 10.1 Å². The van der Waals surface area contributed by atoms with Gasteiger partial charge in [-0.2, -0.15) is 0 Å². The summed E-state index contributed by atoms with van der Waals surface area (Å²) in [5.74, 6) is 0.0711. The van der Waals surface area contributed by atoms with Crippen LogP contribution in [0.2, 0.25) is 0 Å². The molecule has 2 unspecified atom stereocenters. The van der Waals surface area contributed by atoms with E-state index in [0.717, 1.165) is 36.3 Å². The van der Waals surface area contributed by atoms with E-state index in [-0.39, 0.29) is 17.2 Å². The smallest absolute Gasteiger partial charge is 0.328 e. The van der Waals surface area contributed by atoms with Gasteiger partial charge in [-0.05, 0) is 74.8 Å². The molecule has 7 nitrogen and oxygen atoms in total. The SMILES string of the molecule is CCC(C)C(NC(=O)c1ccc(C(CC)(CC)c2ccc(OCCC(O)(CC)CC)c(C)c2)n1CC)C(=O)OC. The number of nitrogens with zero attached hydrogens (tertiary/aromatic N) is 1. The highest BCUT2D eigenvalue weighted by Gasteiger charge is 2.36. The van der Waals surface area contributed by atoms with Gasteiger partial charge in [0.2, 0.25) is 0 Å². The van der Waals surface area contributed by atoms with Gasteiger partial charge >= 0.3 is 5.97 Å². The molecule has 0 aliphatic heterocycles. The van der Waals surface area contributed by atoms with Gasteiger partial charge in [0.1, 0.15) is 17.5 Å². The van der Waals surface area contributed by atoms with E-state index in [1.807, 2.05) is 46.8 Å². The van der Waals surface area contributed by atoms with E-state index in [1.165, 1.54) is 12.7 Å². The van der Waals surface area contributed by atoms with Crippen molar-refractivity contribution in [2.75, 3.05) is 13.7 Å². The van der Waals surface area contributed by atoms with Crippen LogP contribution in [0.4, 0.5) is 0 Å². The summed E-state index contributed by atoms with van der Waals surface area (Å²) in [5.41, 5.74) is 2.84. The summed E-state index contributed by atoms with van der Waals surface area (Å²) in [5, 5.41) is 13.5. The van der Waals surface area contributed by atoms with Crippen LogP contribution in [0.5, 0.6) is 5.75 Å². The molecule has 0 saturated carbocycles. The predicted molar refractivity (Wildman–Crippen MR) is 161 cm³/mol. The van der Waals surface area contributed by atoms with Crippen LogP contribution in [0.1, 0.15) is 114 Å². The second-order valence-corrected chi connectivity index (χ2v) is 11.0. The standard InChI is InChI=1S/C33H52N2O5/c1-10-23(7)29(31(37)39-9)34-30(36)26-17-19-28(35(26)15-6)33(13-4,14-5)25-16-18-27(24(8)22-25)40-21-20-32(38,11-2)12-3/h16-19,22-23,29,38H,10-15,20-21H2,1-9H3,(H,34,36). The zero-order valence-corrected chi connectivity index (χ0v) is 26.2. The lowest BCUT2D eigenvalue weighted by Crippen LogP contribution is -2.46. The molecule has 2 N–H and O–H groups in total. The molecular weight excluding hydrogens is 504 g/mol. The van der Waals surface area contributed by atoms with Gasteiger partial charge in [-0.25, -0.2) is 4.79 Å². The number of aliphatic hydroxyl groups is 1. The van der Waals surface area contributed by atoms with E-state index < -0.39 is 17.6 Å². The molecule has 1 aromatic carbocycles. The number of esters is 1. The molecule has 2 atom stereocenters. The van der Waals surface area contributed by atoms with Crippen molar-refractivity contribution in [1.29, 1.82) is 0 Å². The molecule has 0 fully saturated rings. The lowest BCUT2D eigenvalue weighted by molar-refractivity contribution is -0.144. The third-order valence-corrected chi connectivity index (χ3v) is 9.05. The van der Waals surface area contributed by atoms with Gasteiger partial charge in [-0.15, -0.1) is 0 Å².